The molecule has 0 unspecified atom stereocenters. The maximum absolute atomic E-state index is 11.9. The summed E-state index contributed by atoms with van der Waals surface area (Å²) in [5.41, 5.74) is 5.17. The van der Waals surface area contributed by atoms with Gasteiger partial charge in [-0.2, -0.15) is 5.10 Å². The Labute approximate surface area is 121 Å². The van der Waals surface area contributed by atoms with Crippen molar-refractivity contribution in [3.63, 3.8) is 0 Å². The van der Waals surface area contributed by atoms with Crippen LogP contribution in [0.2, 0.25) is 0 Å². The fourth-order valence-electron chi connectivity index (χ4n) is 1.78. The molecule has 0 bridgehead atoms. The molecule has 0 saturated heterocycles. The molecule has 1 amide bonds. The van der Waals surface area contributed by atoms with E-state index in [9.17, 15) is 9.59 Å². The summed E-state index contributed by atoms with van der Waals surface area (Å²) in [6.07, 6.45) is 1.49. The molecule has 0 aliphatic rings. The van der Waals surface area contributed by atoms with Crippen molar-refractivity contribution in [3.05, 3.63) is 30.2 Å². The number of furan rings is 1. The highest BCUT2D eigenvalue weighted by atomic mass is 16.6. The highest BCUT2D eigenvalue weighted by Crippen LogP contribution is 2.21. The number of primary amides is 1. The molecule has 0 fully saturated rings. The van der Waals surface area contributed by atoms with Crippen molar-refractivity contribution in [2.45, 2.75) is 32.9 Å². The van der Waals surface area contributed by atoms with Crippen LogP contribution < -0.4 is 5.73 Å². The second-order valence-corrected chi connectivity index (χ2v) is 5.50. The summed E-state index contributed by atoms with van der Waals surface area (Å²) >= 11 is 0. The Bertz CT molecular complexity index is 650. The van der Waals surface area contributed by atoms with Crippen LogP contribution in [-0.4, -0.2) is 27.3 Å². The van der Waals surface area contributed by atoms with Crippen molar-refractivity contribution < 1.29 is 18.7 Å². The number of esters is 1. The smallest absolute Gasteiger partial charge is 0.328 e. The number of carbonyl (C=O) groups excluding carboxylic acids is 2. The molecule has 21 heavy (non-hydrogen) atoms. The van der Waals surface area contributed by atoms with E-state index in [1.54, 1.807) is 32.9 Å². The van der Waals surface area contributed by atoms with E-state index < -0.39 is 17.5 Å². The monoisotopic (exact) mass is 291 g/mol. The average molecular weight is 291 g/mol. The van der Waals surface area contributed by atoms with Gasteiger partial charge in [0.15, 0.2) is 11.5 Å². The molecule has 2 rings (SSSR count). The Morgan fingerprint density at radius 1 is 1.43 bits per heavy atom. The second kappa shape index (κ2) is 5.43. The van der Waals surface area contributed by atoms with Crippen molar-refractivity contribution in [2.24, 2.45) is 5.73 Å². The number of amides is 1. The minimum atomic E-state index is -0.675. The normalized spacial score (nSPS) is 11.4. The van der Waals surface area contributed by atoms with E-state index in [4.69, 9.17) is 14.9 Å². The van der Waals surface area contributed by atoms with Crippen molar-refractivity contribution in [1.29, 1.82) is 0 Å². The lowest BCUT2D eigenvalue weighted by molar-refractivity contribution is -0.155. The summed E-state index contributed by atoms with van der Waals surface area (Å²) in [6.45, 7) is 5.18. The van der Waals surface area contributed by atoms with Crippen LogP contribution in [0.3, 0.4) is 0 Å². The Morgan fingerprint density at radius 2 is 2.14 bits per heavy atom. The SMILES string of the molecule is CC(C)(C)OC(=O)Cn1nc(C(N)=O)cc1-c1ccco1. The number of aromatic nitrogens is 2. The van der Waals surface area contributed by atoms with Crippen LogP contribution in [0.25, 0.3) is 11.5 Å². The first-order valence-corrected chi connectivity index (χ1v) is 6.39. The number of nitrogens with zero attached hydrogens (tertiary/aromatic N) is 2. The Hall–Kier alpha value is -2.57. The summed E-state index contributed by atoms with van der Waals surface area (Å²) in [4.78, 5) is 23.1. The van der Waals surface area contributed by atoms with Crippen LogP contribution in [0.4, 0.5) is 0 Å². The first kappa shape index (κ1) is 14.8. The van der Waals surface area contributed by atoms with E-state index in [2.05, 4.69) is 5.10 Å². The molecule has 7 heteroatoms. The predicted molar refractivity (Wildman–Crippen MR) is 74.3 cm³/mol. The Morgan fingerprint density at radius 3 is 2.67 bits per heavy atom. The summed E-state index contributed by atoms with van der Waals surface area (Å²) in [6, 6.07) is 4.88. The third-order valence-electron chi connectivity index (χ3n) is 2.50. The molecule has 0 radical (unpaired) electrons. The summed E-state index contributed by atoms with van der Waals surface area (Å²) in [5, 5.41) is 4.02. The van der Waals surface area contributed by atoms with E-state index in [0.29, 0.717) is 11.5 Å². The van der Waals surface area contributed by atoms with Gasteiger partial charge in [-0.1, -0.05) is 0 Å². The van der Waals surface area contributed by atoms with E-state index >= 15 is 0 Å². The molecule has 2 heterocycles. The summed E-state index contributed by atoms with van der Waals surface area (Å²) in [7, 11) is 0. The van der Waals surface area contributed by atoms with Gasteiger partial charge < -0.3 is 14.9 Å². The Kier molecular flexibility index (Phi) is 3.84. The van der Waals surface area contributed by atoms with E-state index in [1.165, 1.54) is 17.0 Å². The number of ether oxygens (including phenoxy) is 1. The third-order valence-corrected chi connectivity index (χ3v) is 2.50. The van der Waals surface area contributed by atoms with Crippen LogP contribution >= 0.6 is 0 Å². The molecule has 0 aliphatic heterocycles. The molecule has 7 nitrogen and oxygen atoms in total. The molecular weight excluding hydrogens is 274 g/mol. The zero-order valence-electron chi connectivity index (χ0n) is 12.1. The van der Waals surface area contributed by atoms with E-state index in [0.717, 1.165) is 0 Å². The summed E-state index contributed by atoms with van der Waals surface area (Å²) < 4.78 is 11.8. The van der Waals surface area contributed by atoms with Gasteiger partial charge in [0, 0.05) is 6.07 Å². The largest absolute Gasteiger partial charge is 0.463 e. The van der Waals surface area contributed by atoms with Crippen LogP contribution in [0.1, 0.15) is 31.3 Å². The minimum absolute atomic E-state index is 0.0601. The van der Waals surface area contributed by atoms with Crippen molar-refractivity contribution in [2.75, 3.05) is 0 Å². The van der Waals surface area contributed by atoms with Gasteiger partial charge in [-0.15, -0.1) is 0 Å². The van der Waals surface area contributed by atoms with Gasteiger partial charge in [0.05, 0.1) is 6.26 Å². The van der Waals surface area contributed by atoms with Crippen molar-refractivity contribution in [1.82, 2.24) is 9.78 Å². The van der Waals surface area contributed by atoms with Gasteiger partial charge in [0.2, 0.25) is 0 Å². The maximum atomic E-state index is 11.9. The maximum Gasteiger partial charge on any atom is 0.328 e. The van der Waals surface area contributed by atoms with Crippen molar-refractivity contribution >= 4 is 11.9 Å². The molecule has 2 aromatic rings. The van der Waals surface area contributed by atoms with Crippen LogP contribution in [-0.2, 0) is 16.1 Å². The fourth-order valence-corrected chi connectivity index (χ4v) is 1.78. The lowest BCUT2D eigenvalue weighted by atomic mass is 10.2. The van der Waals surface area contributed by atoms with Gasteiger partial charge in [0.25, 0.3) is 5.91 Å². The van der Waals surface area contributed by atoms with Gasteiger partial charge in [-0.3, -0.25) is 9.59 Å². The number of hydrogen-bond acceptors (Lipinski definition) is 5. The molecule has 0 aliphatic carbocycles. The fraction of sp³-hybridized carbons (Fsp3) is 0.357. The molecule has 0 saturated carbocycles. The topological polar surface area (TPSA) is 100 Å². The second-order valence-electron chi connectivity index (χ2n) is 5.50. The third kappa shape index (κ3) is 3.71. The van der Waals surface area contributed by atoms with Gasteiger partial charge in [0.1, 0.15) is 17.8 Å². The first-order chi connectivity index (χ1) is 9.76. The zero-order chi connectivity index (χ0) is 15.6. The molecule has 0 aromatic carbocycles. The molecule has 2 N–H and O–H groups in total. The van der Waals surface area contributed by atoms with Crippen LogP contribution in [0.15, 0.2) is 28.9 Å². The van der Waals surface area contributed by atoms with Crippen LogP contribution in [0.5, 0.6) is 0 Å². The number of nitrogens with two attached hydrogens (primary N) is 1. The highest BCUT2D eigenvalue weighted by molar-refractivity contribution is 5.91. The molecule has 2 aromatic heterocycles. The molecule has 0 spiro atoms. The zero-order valence-corrected chi connectivity index (χ0v) is 12.1. The quantitative estimate of drug-likeness (QED) is 0.862. The predicted octanol–water partition coefficient (Wildman–Crippen LogP) is 1.58. The van der Waals surface area contributed by atoms with Gasteiger partial charge in [-0.25, -0.2) is 4.68 Å². The van der Waals surface area contributed by atoms with Crippen LogP contribution in [0, 0.1) is 0 Å². The molecule has 112 valence electrons. The number of hydrogen-bond donors (Lipinski definition) is 1. The van der Waals surface area contributed by atoms with Crippen molar-refractivity contribution in [3.8, 4) is 11.5 Å². The Balaban J connectivity index is 2.30. The van der Waals surface area contributed by atoms with Gasteiger partial charge in [-0.05, 0) is 32.9 Å². The lowest BCUT2D eigenvalue weighted by Crippen LogP contribution is -2.27. The number of carbonyl (C=O) groups is 2. The average Bonchev–Trinajstić information content (AvgIpc) is 2.93. The highest BCUT2D eigenvalue weighted by Gasteiger charge is 2.21. The van der Waals surface area contributed by atoms with E-state index in [-0.39, 0.29) is 12.2 Å². The first-order valence-electron chi connectivity index (χ1n) is 6.39. The van der Waals surface area contributed by atoms with E-state index in [1.807, 2.05) is 0 Å². The lowest BCUT2D eigenvalue weighted by Gasteiger charge is -2.19. The molecule has 0 atom stereocenters. The summed E-state index contributed by atoms with van der Waals surface area (Å²) in [5.74, 6) is -0.654. The number of rotatable bonds is 4. The molecular formula is C14H17N3O4. The minimum Gasteiger partial charge on any atom is -0.463 e. The standard InChI is InChI=1S/C14H17N3O4/c1-14(2,3)21-12(18)8-17-10(11-5-4-6-20-11)7-9(16-17)13(15)19/h4-7H,8H2,1-3H3,(H2,15,19). The van der Waals surface area contributed by atoms with Gasteiger partial charge >= 0.3 is 5.97 Å².